The Bertz CT molecular complexity index is 1930. The van der Waals surface area contributed by atoms with E-state index in [0.717, 1.165) is 12.0 Å². The van der Waals surface area contributed by atoms with Crippen molar-refractivity contribution in [2.24, 2.45) is 23.7 Å². The predicted molar refractivity (Wildman–Crippen MR) is 176 cm³/mol. The summed E-state index contributed by atoms with van der Waals surface area (Å²) in [5.74, 6) is -1.95. The number of benzene rings is 3. The highest BCUT2D eigenvalue weighted by Gasteiger charge is 2.66. The van der Waals surface area contributed by atoms with Gasteiger partial charge in [0.15, 0.2) is 12.4 Å². The van der Waals surface area contributed by atoms with Crippen molar-refractivity contribution in [3.8, 4) is 11.3 Å². The lowest BCUT2D eigenvalue weighted by Gasteiger charge is -2.28. The van der Waals surface area contributed by atoms with Crippen LogP contribution in [0.15, 0.2) is 72.8 Å². The minimum atomic E-state index is -0.726. The van der Waals surface area contributed by atoms with E-state index in [1.807, 2.05) is 13.0 Å². The van der Waals surface area contributed by atoms with Crippen molar-refractivity contribution < 1.29 is 28.8 Å². The average Bonchev–Trinajstić information content (AvgIpc) is 3.68. The van der Waals surface area contributed by atoms with Crippen LogP contribution in [0.3, 0.4) is 0 Å². The molecule has 6 unspecified atom stereocenters. The SMILES string of the molecule is Cc1cccc2c(C(=O)OCC(=O)c3ccc([N+](=O)[O-])cc3)cc(-c3ccc(N4C(=O)C5C6CC(C(Br)C6Br)C5C4=O)cc3)nc12. The van der Waals surface area contributed by atoms with Crippen LogP contribution in [-0.2, 0) is 14.3 Å². The van der Waals surface area contributed by atoms with Gasteiger partial charge in [-0.25, -0.2) is 9.78 Å². The maximum Gasteiger partial charge on any atom is 0.339 e. The molecule has 2 aliphatic carbocycles. The maximum atomic E-state index is 13.5. The number of ether oxygens (including phenoxy) is 1. The van der Waals surface area contributed by atoms with Crippen molar-refractivity contribution in [1.82, 2.24) is 4.98 Å². The van der Waals surface area contributed by atoms with Crippen LogP contribution in [0, 0.1) is 40.7 Å². The number of anilines is 1. The summed E-state index contributed by atoms with van der Waals surface area (Å²) in [5.41, 5.74) is 3.28. The van der Waals surface area contributed by atoms with Gasteiger partial charge in [-0.05, 0) is 61.1 Å². The number of carbonyl (C=O) groups excluding carboxylic acids is 4. The first-order valence-corrected chi connectivity index (χ1v) is 16.5. The Morgan fingerprint density at radius 1 is 0.957 bits per heavy atom. The summed E-state index contributed by atoms with van der Waals surface area (Å²) in [7, 11) is 0. The van der Waals surface area contributed by atoms with E-state index in [0.29, 0.717) is 27.8 Å². The molecule has 6 atom stereocenters. The molecule has 1 saturated heterocycles. The molecule has 1 aliphatic heterocycles. The van der Waals surface area contributed by atoms with E-state index in [4.69, 9.17) is 9.72 Å². The second-order valence-corrected chi connectivity index (χ2v) is 14.0. The molecule has 10 nitrogen and oxygen atoms in total. The molecule has 2 bridgehead atoms. The van der Waals surface area contributed by atoms with E-state index in [-0.39, 0.29) is 62.0 Å². The molecule has 0 N–H and O–H groups in total. The largest absolute Gasteiger partial charge is 0.454 e. The zero-order valence-corrected chi connectivity index (χ0v) is 27.4. The molecule has 3 aliphatic rings. The molecule has 0 radical (unpaired) electrons. The molecule has 3 aromatic carbocycles. The predicted octanol–water partition coefficient (Wildman–Crippen LogP) is 6.44. The number of rotatable bonds is 7. The number of aryl methyl sites for hydroxylation is 1. The van der Waals surface area contributed by atoms with Crippen molar-refractivity contribution in [2.75, 3.05) is 11.5 Å². The Balaban J connectivity index is 1.14. The number of nitro benzene ring substituents is 1. The highest BCUT2D eigenvalue weighted by molar-refractivity contribution is 9.12. The number of carbonyl (C=O) groups is 4. The third-order valence-electron chi connectivity index (χ3n) is 9.40. The molecular weight excluding hydrogens is 722 g/mol. The van der Waals surface area contributed by atoms with Crippen LogP contribution >= 0.6 is 31.9 Å². The number of hydrogen-bond acceptors (Lipinski definition) is 8. The molecule has 1 aromatic heterocycles. The van der Waals surface area contributed by atoms with E-state index in [1.54, 1.807) is 42.5 Å². The molecule has 232 valence electrons. The first kappa shape index (κ1) is 30.4. The molecule has 2 heterocycles. The number of esters is 1. The number of nitrogens with zero attached hydrogens (tertiary/aromatic N) is 3. The Hall–Kier alpha value is -4.29. The summed E-state index contributed by atoms with van der Waals surface area (Å²) in [6.45, 7) is 1.32. The van der Waals surface area contributed by atoms with Crippen LogP contribution in [-0.4, -0.2) is 49.7 Å². The van der Waals surface area contributed by atoms with E-state index in [2.05, 4.69) is 31.9 Å². The second kappa shape index (κ2) is 11.5. The molecule has 3 fully saturated rings. The number of ketones is 1. The molecule has 4 aromatic rings. The number of imide groups is 1. The van der Waals surface area contributed by atoms with Gasteiger partial charge in [0.2, 0.25) is 11.8 Å². The lowest BCUT2D eigenvalue weighted by Crippen LogP contribution is -2.37. The van der Waals surface area contributed by atoms with Crippen LogP contribution < -0.4 is 4.90 Å². The topological polar surface area (TPSA) is 137 Å². The monoisotopic (exact) mass is 745 g/mol. The fourth-order valence-corrected chi connectivity index (χ4v) is 9.03. The van der Waals surface area contributed by atoms with Gasteiger partial charge in [-0.3, -0.25) is 29.4 Å². The summed E-state index contributed by atoms with van der Waals surface area (Å²) in [4.78, 5) is 69.8. The lowest BCUT2D eigenvalue weighted by molar-refractivity contribution is -0.384. The number of aromatic nitrogens is 1. The number of hydrogen-bond donors (Lipinski definition) is 0. The number of para-hydroxylation sites is 1. The van der Waals surface area contributed by atoms with Crippen LogP contribution in [0.2, 0.25) is 0 Å². The Kier molecular flexibility index (Phi) is 7.59. The fraction of sp³-hybridized carbons (Fsp3) is 0.265. The molecule has 2 saturated carbocycles. The first-order valence-electron chi connectivity index (χ1n) is 14.7. The number of Topliss-reactive ketones (excluding diaryl/α,β-unsaturated/α-hetero) is 1. The van der Waals surface area contributed by atoms with Crippen LogP contribution in [0.25, 0.3) is 22.2 Å². The summed E-state index contributed by atoms with van der Waals surface area (Å²) < 4.78 is 5.41. The van der Waals surface area contributed by atoms with Gasteiger partial charge >= 0.3 is 5.97 Å². The average molecular weight is 747 g/mol. The third kappa shape index (κ3) is 4.85. The summed E-state index contributed by atoms with van der Waals surface area (Å²) in [6.07, 6.45) is 0.856. The number of amides is 2. The minimum absolute atomic E-state index is 0.118. The van der Waals surface area contributed by atoms with Crippen LogP contribution in [0.4, 0.5) is 11.4 Å². The maximum absolute atomic E-state index is 13.5. The van der Waals surface area contributed by atoms with Gasteiger partial charge in [-0.15, -0.1) is 0 Å². The molecule has 46 heavy (non-hydrogen) atoms. The Morgan fingerprint density at radius 3 is 2.20 bits per heavy atom. The Morgan fingerprint density at radius 2 is 1.59 bits per heavy atom. The van der Waals surface area contributed by atoms with Gasteiger partial charge in [0.1, 0.15) is 0 Å². The molecule has 12 heteroatoms. The molecule has 7 rings (SSSR count). The van der Waals surface area contributed by atoms with Crippen molar-refractivity contribution in [3.63, 3.8) is 0 Å². The van der Waals surface area contributed by atoms with E-state index in [9.17, 15) is 29.3 Å². The fourth-order valence-electron chi connectivity index (χ4n) is 7.15. The number of nitro groups is 1. The zero-order valence-electron chi connectivity index (χ0n) is 24.3. The smallest absolute Gasteiger partial charge is 0.339 e. The van der Waals surface area contributed by atoms with Gasteiger partial charge < -0.3 is 4.74 Å². The first-order chi connectivity index (χ1) is 22.0. The van der Waals surface area contributed by atoms with Gasteiger partial charge in [0.25, 0.3) is 5.69 Å². The highest BCUT2D eigenvalue weighted by atomic mass is 79.9. The molecular formula is C34H25Br2N3O7. The van der Waals surface area contributed by atoms with Gasteiger partial charge in [-0.1, -0.05) is 62.2 Å². The van der Waals surface area contributed by atoms with Gasteiger partial charge in [-0.2, -0.15) is 0 Å². The van der Waals surface area contributed by atoms with Crippen molar-refractivity contribution in [3.05, 3.63) is 99.6 Å². The van der Waals surface area contributed by atoms with Crippen LogP contribution in [0.1, 0.15) is 32.7 Å². The highest BCUT2D eigenvalue weighted by Crippen LogP contribution is 2.60. The lowest BCUT2D eigenvalue weighted by atomic mass is 9.81. The normalized spacial score (nSPS) is 24.8. The van der Waals surface area contributed by atoms with E-state index >= 15 is 0 Å². The van der Waals surface area contributed by atoms with Crippen molar-refractivity contribution in [2.45, 2.75) is 23.0 Å². The number of alkyl halides is 2. The number of fused-ring (bicyclic) bond motifs is 6. The van der Waals surface area contributed by atoms with Gasteiger partial charge in [0.05, 0.1) is 39.2 Å². The zero-order chi connectivity index (χ0) is 32.4. The minimum Gasteiger partial charge on any atom is -0.454 e. The van der Waals surface area contributed by atoms with Gasteiger partial charge in [0, 0.05) is 38.3 Å². The van der Waals surface area contributed by atoms with Crippen LogP contribution in [0.5, 0.6) is 0 Å². The third-order valence-corrected chi connectivity index (χ3v) is 12.6. The molecule has 2 amide bonds. The van der Waals surface area contributed by atoms with E-state index < -0.39 is 23.3 Å². The van der Waals surface area contributed by atoms with Crippen molar-refractivity contribution >= 4 is 77.7 Å². The summed E-state index contributed by atoms with van der Waals surface area (Å²) in [5, 5.41) is 11.5. The van der Waals surface area contributed by atoms with Crippen molar-refractivity contribution in [1.29, 1.82) is 0 Å². The summed E-state index contributed by atoms with van der Waals surface area (Å²) >= 11 is 7.44. The van der Waals surface area contributed by atoms with E-state index in [1.165, 1.54) is 29.2 Å². The number of non-ortho nitro benzene ring substituents is 1. The second-order valence-electron chi connectivity index (χ2n) is 11.9. The number of halogens is 2. The standard InChI is InChI=1S/C34H25Br2N3O7/c1-16-3-2-4-21-22(34(43)46-15-26(40)18-7-11-20(12-8-18)39(44)45)14-25(37-31(16)21)17-5-9-19(10-6-17)38-32(41)27-23-13-24(28(27)33(38)42)30(36)29(23)35/h2-12,14,23-24,27-30H,13,15H2,1H3. The summed E-state index contributed by atoms with van der Waals surface area (Å²) in [6, 6.07) is 19.0. The quantitative estimate of drug-likeness (QED) is 0.0527. The Labute approximate surface area is 279 Å². The number of pyridine rings is 1. The molecule has 0 spiro atoms.